The van der Waals surface area contributed by atoms with Gasteiger partial charge in [0.25, 0.3) is 12.1 Å². The summed E-state index contributed by atoms with van der Waals surface area (Å²) in [6.45, 7) is -0.212. The van der Waals surface area contributed by atoms with E-state index in [1.807, 2.05) is 0 Å². The summed E-state index contributed by atoms with van der Waals surface area (Å²) in [6, 6.07) is 0. The first-order valence-corrected chi connectivity index (χ1v) is 4.58. The molecule has 0 unspecified atom stereocenters. The maximum absolute atomic E-state index is 12.5. The molecule has 82 valence electrons. The Labute approximate surface area is 91.6 Å². The Morgan fingerprint density at radius 2 is 2.27 bits per heavy atom. The third kappa shape index (κ3) is 2.26. The van der Waals surface area contributed by atoms with Crippen LogP contribution in [0.25, 0.3) is 0 Å². The van der Waals surface area contributed by atoms with E-state index in [1.165, 1.54) is 0 Å². The lowest BCUT2D eigenvalue weighted by molar-refractivity contribution is -0.387. The third-order valence-electron chi connectivity index (χ3n) is 1.74. The van der Waals surface area contributed by atoms with E-state index in [0.29, 0.717) is 0 Å². The first-order chi connectivity index (χ1) is 6.99. The van der Waals surface area contributed by atoms with Crippen LogP contribution in [-0.2, 0) is 6.54 Å². The zero-order chi connectivity index (χ0) is 11.6. The molecule has 0 radical (unpaired) electrons. The number of rotatable bonds is 3. The number of nitrogens with two attached hydrogens (primary N) is 1. The van der Waals surface area contributed by atoms with Crippen molar-refractivity contribution < 1.29 is 13.7 Å². The predicted molar refractivity (Wildman–Crippen MR) is 51.4 cm³/mol. The topological polar surface area (TPSA) is 82.0 Å². The quantitative estimate of drug-likeness (QED) is 0.523. The molecule has 0 fully saturated rings. The van der Waals surface area contributed by atoms with Gasteiger partial charge in [0.05, 0.1) is 10.5 Å². The third-order valence-corrected chi connectivity index (χ3v) is 2.37. The maximum atomic E-state index is 12.5. The van der Waals surface area contributed by atoms with Crippen LogP contribution in [0.15, 0.2) is 10.8 Å². The minimum absolute atomic E-state index is 0.0153. The van der Waals surface area contributed by atoms with Crippen LogP contribution in [0, 0.1) is 10.1 Å². The van der Waals surface area contributed by atoms with Gasteiger partial charge in [-0.3, -0.25) is 10.1 Å². The fraction of sp³-hybridized carbons (Fsp3) is 0.286. The molecule has 15 heavy (non-hydrogen) atoms. The van der Waals surface area contributed by atoms with E-state index in [4.69, 9.17) is 5.73 Å². The van der Waals surface area contributed by atoms with Crippen LogP contribution >= 0.6 is 15.9 Å². The highest BCUT2D eigenvalue weighted by Crippen LogP contribution is 2.35. The van der Waals surface area contributed by atoms with Crippen molar-refractivity contribution in [3.8, 4) is 0 Å². The predicted octanol–water partition coefficient (Wildman–Crippen LogP) is 2.15. The molecule has 1 heterocycles. The normalized spacial score (nSPS) is 10.7. The molecule has 1 rings (SSSR count). The first-order valence-electron chi connectivity index (χ1n) is 3.79. The highest BCUT2D eigenvalue weighted by Gasteiger charge is 2.28. The molecule has 0 aromatic carbocycles. The molecule has 2 N–H and O–H groups in total. The highest BCUT2D eigenvalue weighted by atomic mass is 79.9. The molecule has 1 aromatic heterocycles. The number of hydrogen-bond acceptors (Lipinski definition) is 4. The molecule has 0 spiro atoms. The standard InChI is InChI=1S/C7H6BrF2N3O2/c8-6-4(7(9)10)5(13(14)15)3(1-11)2-12-6/h2,7H,1,11H2. The minimum Gasteiger partial charge on any atom is -0.326 e. The molecule has 8 heteroatoms. The molecule has 1 aromatic rings. The average Bonchev–Trinajstić information content (AvgIpc) is 2.16. The monoisotopic (exact) mass is 281 g/mol. The Morgan fingerprint density at radius 3 is 2.67 bits per heavy atom. The molecule has 0 saturated heterocycles. The summed E-state index contributed by atoms with van der Waals surface area (Å²) >= 11 is 2.74. The van der Waals surface area contributed by atoms with Gasteiger partial charge in [-0.15, -0.1) is 0 Å². The van der Waals surface area contributed by atoms with Gasteiger partial charge in [-0.05, 0) is 15.9 Å². The van der Waals surface area contributed by atoms with Crippen molar-refractivity contribution in [2.45, 2.75) is 13.0 Å². The van der Waals surface area contributed by atoms with E-state index in [0.717, 1.165) is 6.20 Å². The van der Waals surface area contributed by atoms with Crippen molar-refractivity contribution in [3.05, 3.63) is 32.0 Å². The summed E-state index contributed by atoms with van der Waals surface area (Å²) in [5.41, 5.74) is 3.78. The van der Waals surface area contributed by atoms with Gasteiger partial charge in [0, 0.05) is 12.7 Å². The fourth-order valence-electron chi connectivity index (χ4n) is 1.09. The van der Waals surface area contributed by atoms with Crippen molar-refractivity contribution in [3.63, 3.8) is 0 Å². The van der Waals surface area contributed by atoms with Crippen LogP contribution in [0.1, 0.15) is 17.6 Å². The van der Waals surface area contributed by atoms with Crippen molar-refractivity contribution in [1.29, 1.82) is 0 Å². The maximum Gasteiger partial charge on any atom is 0.287 e. The van der Waals surface area contributed by atoms with Gasteiger partial charge < -0.3 is 5.73 Å². The van der Waals surface area contributed by atoms with E-state index in [-0.39, 0.29) is 16.7 Å². The molecule has 0 aliphatic rings. The average molecular weight is 282 g/mol. The summed E-state index contributed by atoms with van der Waals surface area (Å²) < 4.78 is 24.9. The summed E-state index contributed by atoms with van der Waals surface area (Å²) in [5, 5.41) is 10.6. The first kappa shape index (κ1) is 11.9. The van der Waals surface area contributed by atoms with Crippen LogP contribution in [0.2, 0.25) is 0 Å². The van der Waals surface area contributed by atoms with E-state index in [1.54, 1.807) is 0 Å². The zero-order valence-electron chi connectivity index (χ0n) is 7.28. The van der Waals surface area contributed by atoms with Gasteiger partial charge in [0.15, 0.2) is 0 Å². The van der Waals surface area contributed by atoms with Gasteiger partial charge in [0.1, 0.15) is 10.2 Å². The molecule has 0 saturated carbocycles. The molecule has 5 nitrogen and oxygen atoms in total. The van der Waals surface area contributed by atoms with E-state index in [2.05, 4.69) is 20.9 Å². The molecule has 0 atom stereocenters. The van der Waals surface area contributed by atoms with Crippen LogP contribution in [-0.4, -0.2) is 9.91 Å². The van der Waals surface area contributed by atoms with E-state index in [9.17, 15) is 18.9 Å². The Hall–Kier alpha value is -1.15. The number of hydrogen-bond donors (Lipinski definition) is 1. The molecular formula is C7H6BrF2N3O2. The van der Waals surface area contributed by atoms with Gasteiger partial charge in [-0.25, -0.2) is 13.8 Å². The number of alkyl halides is 2. The van der Waals surface area contributed by atoms with E-state index >= 15 is 0 Å². The zero-order valence-corrected chi connectivity index (χ0v) is 8.87. The van der Waals surface area contributed by atoms with Crippen molar-refractivity contribution in [2.75, 3.05) is 0 Å². The minimum atomic E-state index is -2.97. The van der Waals surface area contributed by atoms with Crippen molar-refractivity contribution in [2.24, 2.45) is 5.73 Å². The van der Waals surface area contributed by atoms with Crippen LogP contribution in [0.5, 0.6) is 0 Å². The number of pyridine rings is 1. The second-order valence-electron chi connectivity index (χ2n) is 2.60. The van der Waals surface area contributed by atoms with E-state index < -0.39 is 22.6 Å². The molecule has 0 bridgehead atoms. The lowest BCUT2D eigenvalue weighted by atomic mass is 10.1. The van der Waals surface area contributed by atoms with Gasteiger partial charge in [-0.1, -0.05) is 0 Å². The SMILES string of the molecule is NCc1cnc(Br)c(C(F)F)c1[N+](=O)[O-]. The highest BCUT2D eigenvalue weighted by molar-refractivity contribution is 9.10. The van der Waals surface area contributed by atoms with Crippen LogP contribution < -0.4 is 5.73 Å². The lowest BCUT2D eigenvalue weighted by Crippen LogP contribution is -2.07. The lowest BCUT2D eigenvalue weighted by Gasteiger charge is -2.06. The summed E-state index contributed by atoms with van der Waals surface area (Å²) in [7, 11) is 0. The summed E-state index contributed by atoms with van der Waals surface area (Å²) in [5.74, 6) is 0. The van der Waals surface area contributed by atoms with Gasteiger partial charge >= 0.3 is 0 Å². The Balaban J connectivity index is 3.51. The number of nitro groups is 1. The molecular weight excluding hydrogens is 276 g/mol. The second-order valence-corrected chi connectivity index (χ2v) is 3.35. The van der Waals surface area contributed by atoms with Gasteiger partial charge in [0.2, 0.25) is 0 Å². The molecule has 0 amide bonds. The van der Waals surface area contributed by atoms with Crippen LogP contribution in [0.3, 0.4) is 0 Å². The molecule has 0 aliphatic heterocycles. The Morgan fingerprint density at radius 1 is 1.67 bits per heavy atom. The Kier molecular flexibility index (Phi) is 3.64. The fourth-order valence-corrected chi connectivity index (χ4v) is 1.56. The number of halogens is 3. The smallest absolute Gasteiger partial charge is 0.287 e. The number of aromatic nitrogens is 1. The second kappa shape index (κ2) is 4.58. The van der Waals surface area contributed by atoms with Crippen molar-refractivity contribution >= 4 is 21.6 Å². The summed E-state index contributed by atoms with van der Waals surface area (Å²) in [4.78, 5) is 13.3. The largest absolute Gasteiger partial charge is 0.326 e. The van der Waals surface area contributed by atoms with Gasteiger partial charge in [-0.2, -0.15) is 0 Å². The number of nitrogens with zero attached hydrogens (tertiary/aromatic N) is 2. The van der Waals surface area contributed by atoms with Crippen LogP contribution in [0.4, 0.5) is 14.5 Å². The Bertz CT molecular complexity index is 400. The van der Waals surface area contributed by atoms with Crippen molar-refractivity contribution in [1.82, 2.24) is 4.98 Å². The molecule has 0 aliphatic carbocycles. The summed E-state index contributed by atoms with van der Waals surface area (Å²) in [6.07, 6.45) is -1.87.